The van der Waals surface area contributed by atoms with Gasteiger partial charge in [-0.2, -0.15) is 5.10 Å². The van der Waals surface area contributed by atoms with Gasteiger partial charge in [-0.1, -0.05) is 20.3 Å². The molecule has 3 N–H and O–H groups in total. The molecule has 1 aromatic rings. The zero-order valence-corrected chi connectivity index (χ0v) is 15.2. The molecule has 2 aliphatic heterocycles. The topological polar surface area (TPSA) is 90.1 Å². The Kier molecular flexibility index (Phi) is 5.73. The molecule has 2 atom stereocenters. The first-order chi connectivity index (χ1) is 12.1. The van der Waals surface area contributed by atoms with Crippen LogP contribution in [0.3, 0.4) is 0 Å². The Morgan fingerprint density at radius 1 is 1.20 bits per heavy atom. The van der Waals surface area contributed by atoms with Gasteiger partial charge < -0.3 is 10.6 Å². The van der Waals surface area contributed by atoms with Crippen LogP contribution in [-0.4, -0.2) is 46.3 Å². The maximum absolute atomic E-state index is 12.3. The predicted molar refractivity (Wildman–Crippen MR) is 96.6 cm³/mol. The average molecular weight is 347 g/mol. The number of fused-ring (bicyclic) bond motifs is 1. The monoisotopic (exact) mass is 347 g/mol. The third-order valence-electron chi connectivity index (χ3n) is 5.57. The van der Waals surface area contributed by atoms with Crippen molar-refractivity contribution in [2.45, 2.75) is 71.0 Å². The van der Waals surface area contributed by atoms with Crippen LogP contribution < -0.4 is 16.2 Å². The molecule has 2 saturated heterocycles. The molecule has 0 radical (unpaired) electrons. The molecule has 7 nitrogen and oxygen atoms in total. The van der Waals surface area contributed by atoms with Crippen molar-refractivity contribution >= 4 is 6.03 Å². The Labute approximate surface area is 148 Å². The van der Waals surface area contributed by atoms with Crippen LogP contribution in [-0.2, 0) is 19.4 Å². The quantitative estimate of drug-likeness (QED) is 0.749. The first-order valence-electron chi connectivity index (χ1n) is 9.51. The van der Waals surface area contributed by atoms with Crippen molar-refractivity contribution in [1.82, 2.24) is 25.7 Å². The number of hydrogen-bond acceptors (Lipinski definition) is 4. The van der Waals surface area contributed by atoms with Crippen LogP contribution in [0.15, 0.2) is 4.79 Å². The number of aryl methyl sites for hydroxylation is 1. The highest BCUT2D eigenvalue weighted by molar-refractivity contribution is 5.74. The van der Waals surface area contributed by atoms with Gasteiger partial charge in [-0.3, -0.25) is 9.69 Å². The first-order valence-corrected chi connectivity index (χ1v) is 9.51. The Hall–Kier alpha value is -1.89. The summed E-state index contributed by atoms with van der Waals surface area (Å²) in [4.78, 5) is 26.9. The highest BCUT2D eigenvalue weighted by Gasteiger charge is 2.36. The molecule has 2 fully saturated rings. The third kappa shape index (κ3) is 3.86. The molecule has 0 unspecified atom stereocenters. The fourth-order valence-corrected chi connectivity index (χ4v) is 4.27. The van der Waals surface area contributed by atoms with E-state index in [9.17, 15) is 9.59 Å². The van der Waals surface area contributed by atoms with E-state index in [2.05, 4.69) is 25.7 Å². The van der Waals surface area contributed by atoms with Crippen molar-refractivity contribution in [3.05, 3.63) is 27.2 Å². The molecular weight excluding hydrogens is 318 g/mol. The maximum atomic E-state index is 12.3. The number of nitrogens with zero attached hydrogens (tertiary/aromatic N) is 2. The molecule has 0 spiro atoms. The average Bonchev–Trinajstić information content (AvgIpc) is 3.03. The highest BCUT2D eigenvalue weighted by Crippen LogP contribution is 2.27. The number of hydrogen-bond donors (Lipinski definition) is 3. The number of carbonyl (C=O) groups excluding carboxylic acids is 1. The number of rotatable bonds is 5. The van der Waals surface area contributed by atoms with E-state index in [0.717, 1.165) is 50.0 Å². The first kappa shape index (κ1) is 17.9. The summed E-state index contributed by atoms with van der Waals surface area (Å²) in [6.45, 7) is 6.48. The molecule has 3 rings (SSSR count). The van der Waals surface area contributed by atoms with Crippen molar-refractivity contribution < 1.29 is 4.79 Å². The van der Waals surface area contributed by atoms with E-state index in [0.29, 0.717) is 11.6 Å². The van der Waals surface area contributed by atoms with Crippen LogP contribution in [0.5, 0.6) is 0 Å². The molecule has 1 aromatic heterocycles. The second-order valence-electron chi connectivity index (χ2n) is 6.98. The maximum Gasteiger partial charge on any atom is 0.315 e. The normalized spacial score (nSPS) is 23.3. The summed E-state index contributed by atoms with van der Waals surface area (Å²) in [5.74, 6) is 0. The molecule has 138 valence electrons. The van der Waals surface area contributed by atoms with Crippen LogP contribution in [0.4, 0.5) is 4.79 Å². The summed E-state index contributed by atoms with van der Waals surface area (Å²) in [5.41, 5.74) is 2.25. The number of piperidine rings is 1. The van der Waals surface area contributed by atoms with Gasteiger partial charge >= 0.3 is 6.03 Å². The summed E-state index contributed by atoms with van der Waals surface area (Å²) in [6, 6.07) is 0.503. The summed E-state index contributed by atoms with van der Waals surface area (Å²) in [7, 11) is 0. The van der Waals surface area contributed by atoms with Crippen molar-refractivity contribution in [2.75, 3.05) is 13.1 Å². The fraction of sp³-hybridized carbons (Fsp3) is 0.722. The van der Waals surface area contributed by atoms with Gasteiger partial charge in [0.1, 0.15) is 0 Å². The molecule has 2 aliphatic rings. The van der Waals surface area contributed by atoms with Crippen molar-refractivity contribution in [2.24, 2.45) is 0 Å². The smallest absolute Gasteiger partial charge is 0.315 e. The zero-order valence-electron chi connectivity index (χ0n) is 15.2. The molecule has 7 heteroatoms. The van der Waals surface area contributed by atoms with Gasteiger partial charge in [-0.15, -0.1) is 0 Å². The van der Waals surface area contributed by atoms with E-state index in [-0.39, 0.29) is 24.2 Å². The second kappa shape index (κ2) is 7.99. The summed E-state index contributed by atoms with van der Waals surface area (Å²) < 4.78 is 0. The number of aromatic amines is 1. The van der Waals surface area contributed by atoms with Gasteiger partial charge in [0, 0.05) is 24.2 Å². The van der Waals surface area contributed by atoms with E-state index in [1.165, 1.54) is 12.8 Å². The number of urea groups is 1. The standard InChI is InChI=1S/C18H29N5O2/c1-3-12-13(17(24)22-21-14(12)4-2)11-19-18(25)20-15-8-10-23-9-6-5-7-16(15)23/h15-16H,3-11H2,1-2H3,(H,22,24)(H2,19,20,25)/t15-,16-/m1/s1. The molecule has 0 aromatic carbocycles. The lowest BCUT2D eigenvalue weighted by atomic mass is 9.99. The van der Waals surface area contributed by atoms with Crippen LogP contribution >= 0.6 is 0 Å². The van der Waals surface area contributed by atoms with Crippen LogP contribution in [0, 0.1) is 0 Å². The van der Waals surface area contributed by atoms with E-state index >= 15 is 0 Å². The Balaban J connectivity index is 1.60. The lowest BCUT2D eigenvalue weighted by Crippen LogP contribution is -2.49. The van der Waals surface area contributed by atoms with Crippen molar-refractivity contribution in [3.8, 4) is 0 Å². The van der Waals surface area contributed by atoms with E-state index in [1.807, 2.05) is 13.8 Å². The Morgan fingerprint density at radius 3 is 2.80 bits per heavy atom. The van der Waals surface area contributed by atoms with E-state index < -0.39 is 0 Å². The largest absolute Gasteiger partial charge is 0.334 e. The number of carbonyl (C=O) groups is 1. The molecule has 0 bridgehead atoms. The minimum absolute atomic E-state index is 0.186. The highest BCUT2D eigenvalue weighted by atomic mass is 16.2. The van der Waals surface area contributed by atoms with Gasteiger partial charge in [0.2, 0.25) is 0 Å². The Bertz CT molecular complexity index is 672. The number of H-pyrrole nitrogens is 1. The molecule has 3 heterocycles. The van der Waals surface area contributed by atoms with Crippen LogP contribution in [0.1, 0.15) is 56.4 Å². The van der Waals surface area contributed by atoms with Crippen molar-refractivity contribution in [3.63, 3.8) is 0 Å². The predicted octanol–water partition coefficient (Wildman–Crippen LogP) is 1.32. The van der Waals surface area contributed by atoms with E-state index in [1.54, 1.807) is 0 Å². The van der Waals surface area contributed by atoms with Crippen molar-refractivity contribution in [1.29, 1.82) is 0 Å². The summed E-state index contributed by atoms with van der Waals surface area (Å²) >= 11 is 0. The molecule has 2 amide bonds. The summed E-state index contributed by atoms with van der Waals surface area (Å²) in [5, 5.41) is 12.6. The Morgan fingerprint density at radius 2 is 2.04 bits per heavy atom. The van der Waals surface area contributed by atoms with Gasteiger partial charge in [0.25, 0.3) is 5.56 Å². The minimum Gasteiger partial charge on any atom is -0.334 e. The van der Waals surface area contributed by atoms with Gasteiger partial charge in [-0.05, 0) is 44.2 Å². The summed E-state index contributed by atoms with van der Waals surface area (Å²) in [6.07, 6.45) is 6.17. The molecular formula is C18H29N5O2. The third-order valence-corrected chi connectivity index (χ3v) is 5.57. The van der Waals surface area contributed by atoms with Gasteiger partial charge in [0.15, 0.2) is 0 Å². The van der Waals surface area contributed by atoms with E-state index in [4.69, 9.17) is 0 Å². The number of nitrogens with one attached hydrogen (secondary N) is 3. The molecule has 25 heavy (non-hydrogen) atoms. The second-order valence-corrected chi connectivity index (χ2v) is 6.98. The lowest BCUT2D eigenvalue weighted by Gasteiger charge is -2.32. The van der Waals surface area contributed by atoms with Gasteiger partial charge in [0.05, 0.1) is 12.2 Å². The van der Waals surface area contributed by atoms with Gasteiger partial charge in [-0.25, -0.2) is 9.89 Å². The van der Waals surface area contributed by atoms with Crippen LogP contribution in [0.2, 0.25) is 0 Å². The van der Waals surface area contributed by atoms with Crippen LogP contribution in [0.25, 0.3) is 0 Å². The lowest BCUT2D eigenvalue weighted by molar-refractivity contribution is 0.179. The fourth-order valence-electron chi connectivity index (χ4n) is 4.27. The number of aromatic nitrogens is 2. The molecule has 0 aliphatic carbocycles. The number of amides is 2. The molecule has 0 saturated carbocycles. The SMILES string of the molecule is CCc1n[nH]c(=O)c(CNC(=O)N[C@@H]2CCN3CCCC[C@H]23)c1CC. The minimum atomic E-state index is -0.214. The zero-order chi connectivity index (χ0) is 17.8.